The van der Waals surface area contributed by atoms with Gasteiger partial charge in [0, 0.05) is 5.69 Å². The molecule has 0 bridgehead atoms. The van der Waals surface area contributed by atoms with Crippen LogP contribution in [0.1, 0.15) is 54.5 Å². The molecule has 0 aliphatic carbocycles. The molecule has 0 saturated carbocycles. The van der Waals surface area contributed by atoms with Crippen LogP contribution in [0.3, 0.4) is 0 Å². The highest BCUT2D eigenvalue weighted by Gasteiger charge is 2.15. The van der Waals surface area contributed by atoms with Crippen LogP contribution in [0.4, 0.5) is 0 Å². The highest BCUT2D eigenvalue weighted by molar-refractivity contribution is 5.92. The summed E-state index contributed by atoms with van der Waals surface area (Å²) in [6, 6.07) is 11.6. The van der Waals surface area contributed by atoms with Crippen molar-refractivity contribution in [2.75, 3.05) is 0 Å². The monoisotopic (exact) mass is 257 g/mol. The van der Waals surface area contributed by atoms with Crippen molar-refractivity contribution in [3.05, 3.63) is 53.3 Å². The van der Waals surface area contributed by atoms with Crippen molar-refractivity contribution in [2.24, 2.45) is 0 Å². The summed E-state index contributed by atoms with van der Waals surface area (Å²) in [5, 5.41) is 9.88. The topological polar surface area (TPSA) is 57.8 Å². The van der Waals surface area contributed by atoms with Crippen LogP contribution >= 0.6 is 0 Å². The summed E-state index contributed by atoms with van der Waals surface area (Å²) in [5.74, 6) is 0.181. The van der Waals surface area contributed by atoms with E-state index in [9.17, 15) is 4.79 Å². The Morgan fingerprint density at radius 2 is 1.89 bits per heavy atom. The van der Waals surface area contributed by atoms with Crippen LogP contribution in [-0.4, -0.2) is 16.1 Å². The molecule has 1 aromatic heterocycles. The van der Waals surface area contributed by atoms with E-state index in [4.69, 9.17) is 0 Å². The average Bonchev–Trinajstić information content (AvgIpc) is 2.89. The molecule has 2 N–H and O–H groups in total. The lowest BCUT2D eigenvalue weighted by Gasteiger charge is -2.12. The predicted octanol–water partition coefficient (Wildman–Crippen LogP) is 3.02. The zero-order chi connectivity index (χ0) is 13.8. The van der Waals surface area contributed by atoms with Gasteiger partial charge in [0.25, 0.3) is 5.91 Å². The Balaban J connectivity index is 2.04. The summed E-state index contributed by atoms with van der Waals surface area (Å²) < 4.78 is 0. The number of nitrogens with zero attached hydrogens (tertiary/aromatic N) is 1. The lowest BCUT2D eigenvalue weighted by atomic mass is 10.1. The minimum atomic E-state index is -0.153. The zero-order valence-corrected chi connectivity index (χ0v) is 11.5. The minimum absolute atomic E-state index is 0.0344. The van der Waals surface area contributed by atoms with Gasteiger partial charge in [-0.2, -0.15) is 5.10 Å². The molecular formula is C15H19N3O. The molecule has 4 heteroatoms. The van der Waals surface area contributed by atoms with Crippen molar-refractivity contribution in [2.45, 2.75) is 32.7 Å². The number of rotatable bonds is 4. The Hall–Kier alpha value is -2.10. The number of hydrogen-bond donors (Lipinski definition) is 2. The number of carbonyl (C=O) groups is 1. The van der Waals surface area contributed by atoms with Crippen LogP contribution in [0.2, 0.25) is 0 Å². The number of aromatic nitrogens is 2. The van der Waals surface area contributed by atoms with Gasteiger partial charge in [-0.1, -0.05) is 44.2 Å². The number of nitrogens with one attached hydrogen (secondary N) is 2. The van der Waals surface area contributed by atoms with Crippen LogP contribution in [0.15, 0.2) is 36.4 Å². The van der Waals surface area contributed by atoms with Gasteiger partial charge in [0.2, 0.25) is 0 Å². The van der Waals surface area contributed by atoms with Gasteiger partial charge in [-0.3, -0.25) is 9.89 Å². The van der Waals surface area contributed by atoms with Gasteiger partial charge in [-0.15, -0.1) is 0 Å². The van der Waals surface area contributed by atoms with Crippen molar-refractivity contribution >= 4 is 5.91 Å². The molecule has 0 radical (unpaired) electrons. The minimum Gasteiger partial charge on any atom is -0.344 e. The summed E-state index contributed by atoms with van der Waals surface area (Å²) in [5.41, 5.74) is 2.49. The molecule has 2 aromatic rings. The number of H-pyrrole nitrogens is 1. The molecule has 2 rings (SSSR count). The van der Waals surface area contributed by atoms with Crippen LogP contribution < -0.4 is 5.32 Å². The van der Waals surface area contributed by atoms with Gasteiger partial charge in [0.05, 0.1) is 6.04 Å². The SMILES string of the molecule is CC(C)c1cc(C(=O)NC(C)c2ccccc2)n[nH]1. The van der Waals surface area contributed by atoms with Gasteiger partial charge in [-0.05, 0) is 24.5 Å². The number of carbonyl (C=O) groups excluding carboxylic acids is 1. The second kappa shape index (κ2) is 5.69. The second-order valence-electron chi connectivity index (χ2n) is 4.97. The fourth-order valence-corrected chi connectivity index (χ4v) is 1.84. The van der Waals surface area contributed by atoms with Crippen molar-refractivity contribution in [3.8, 4) is 0 Å². The summed E-state index contributed by atoms with van der Waals surface area (Å²) in [6.45, 7) is 6.08. The Labute approximate surface area is 113 Å². The van der Waals surface area contributed by atoms with Gasteiger partial charge in [0.1, 0.15) is 5.69 Å². The lowest BCUT2D eigenvalue weighted by Crippen LogP contribution is -2.26. The maximum atomic E-state index is 12.1. The van der Waals surface area contributed by atoms with E-state index in [-0.39, 0.29) is 11.9 Å². The van der Waals surface area contributed by atoms with Crippen molar-refractivity contribution < 1.29 is 4.79 Å². The Kier molecular flexibility index (Phi) is 4.00. The van der Waals surface area contributed by atoms with Crippen LogP contribution in [0.25, 0.3) is 0 Å². The Morgan fingerprint density at radius 3 is 2.47 bits per heavy atom. The molecule has 0 aliphatic heterocycles. The Morgan fingerprint density at radius 1 is 1.21 bits per heavy atom. The van der Waals surface area contributed by atoms with E-state index < -0.39 is 0 Å². The number of aromatic amines is 1. The fraction of sp³-hybridized carbons (Fsp3) is 0.333. The third-order valence-corrected chi connectivity index (χ3v) is 3.10. The summed E-state index contributed by atoms with van der Waals surface area (Å²) >= 11 is 0. The molecule has 0 fully saturated rings. The first kappa shape index (κ1) is 13.3. The normalized spacial score (nSPS) is 12.4. The van der Waals surface area contributed by atoms with E-state index in [0.29, 0.717) is 11.6 Å². The van der Waals surface area contributed by atoms with Crippen molar-refractivity contribution in [1.82, 2.24) is 15.5 Å². The summed E-state index contributed by atoms with van der Waals surface area (Å²) in [6.07, 6.45) is 0. The first-order valence-corrected chi connectivity index (χ1v) is 6.49. The smallest absolute Gasteiger partial charge is 0.272 e. The summed E-state index contributed by atoms with van der Waals surface area (Å²) in [4.78, 5) is 12.1. The van der Waals surface area contributed by atoms with E-state index >= 15 is 0 Å². The average molecular weight is 257 g/mol. The molecule has 1 aromatic carbocycles. The third kappa shape index (κ3) is 3.22. The first-order chi connectivity index (χ1) is 9.08. The van der Waals surface area contributed by atoms with E-state index in [0.717, 1.165) is 11.3 Å². The molecule has 19 heavy (non-hydrogen) atoms. The lowest BCUT2D eigenvalue weighted by molar-refractivity contribution is 0.0935. The van der Waals surface area contributed by atoms with Crippen molar-refractivity contribution in [3.63, 3.8) is 0 Å². The third-order valence-electron chi connectivity index (χ3n) is 3.10. The molecule has 0 saturated heterocycles. The second-order valence-corrected chi connectivity index (χ2v) is 4.97. The van der Waals surface area contributed by atoms with Gasteiger partial charge >= 0.3 is 0 Å². The van der Waals surface area contributed by atoms with E-state index in [1.807, 2.05) is 37.3 Å². The van der Waals surface area contributed by atoms with Crippen LogP contribution in [0, 0.1) is 0 Å². The molecule has 100 valence electrons. The van der Waals surface area contributed by atoms with E-state index in [1.54, 1.807) is 6.07 Å². The van der Waals surface area contributed by atoms with Crippen LogP contribution in [-0.2, 0) is 0 Å². The predicted molar refractivity (Wildman–Crippen MR) is 75.0 cm³/mol. The molecule has 1 heterocycles. The largest absolute Gasteiger partial charge is 0.344 e. The highest BCUT2D eigenvalue weighted by atomic mass is 16.2. The summed E-state index contributed by atoms with van der Waals surface area (Å²) in [7, 11) is 0. The molecule has 0 spiro atoms. The number of amides is 1. The molecule has 1 amide bonds. The van der Waals surface area contributed by atoms with Gasteiger partial charge in [0.15, 0.2) is 0 Å². The maximum absolute atomic E-state index is 12.1. The fourth-order valence-electron chi connectivity index (χ4n) is 1.84. The van der Waals surface area contributed by atoms with E-state index in [1.165, 1.54) is 0 Å². The standard InChI is InChI=1S/C15H19N3O/c1-10(2)13-9-14(18-17-13)15(19)16-11(3)12-7-5-4-6-8-12/h4-11H,1-3H3,(H,16,19)(H,17,18). The number of hydrogen-bond acceptors (Lipinski definition) is 2. The molecule has 1 atom stereocenters. The molecular weight excluding hydrogens is 238 g/mol. The van der Waals surface area contributed by atoms with Gasteiger partial charge < -0.3 is 5.32 Å². The first-order valence-electron chi connectivity index (χ1n) is 6.49. The molecule has 1 unspecified atom stereocenters. The maximum Gasteiger partial charge on any atom is 0.272 e. The number of benzene rings is 1. The molecule has 4 nitrogen and oxygen atoms in total. The van der Waals surface area contributed by atoms with Gasteiger partial charge in [-0.25, -0.2) is 0 Å². The zero-order valence-electron chi connectivity index (χ0n) is 11.5. The highest BCUT2D eigenvalue weighted by Crippen LogP contribution is 2.14. The Bertz CT molecular complexity index is 546. The van der Waals surface area contributed by atoms with Crippen LogP contribution in [0.5, 0.6) is 0 Å². The van der Waals surface area contributed by atoms with E-state index in [2.05, 4.69) is 29.4 Å². The molecule has 0 aliphatic rings. The van der Waals surface area contributed by atoms with Crippen molar-refractivity contribution in [1.29, 1.82) is 0 Å². The quantitative estimate of drug-likeness (QED) is 0.884.